The van der Waals surface area contributed by atoms with Crippen LogP contribution in [-0.4, -0.2) is 9.55 Å². The minimum atomic E-state index is -0.769. The van der Waals surface area contributed by atoms with Gasteiger partial charge in [-0.3, -0.25) is 4.57 Å². The number of hydrogen-bond acceptors (Lipinski definition) is 1. The fraction of sp³-hybridized carbons (Fsp3) is 0. The van der Waals surface area contributed by atoms with Crippen molar-refractivity contribution in [2.24, 2.45) is 0 Å². The van der Waals surface area contributed by atoms with Crippen molar-refractivity contribution in [2.45, 2.75) is 0 Å². The fourth-order valence-corrected chi connectivity index (χ4v) is 2.99. The molecule has 0 atom stereocenters. The lowest BCUT2D eigenvalue weighted by Crippen LogP contribution is -2.00. The van der Waals surface area contributed by atoms with E-state index < -0.39 is 11.6 Å². The van der Waals surface area contributed by atoms with Gasteiger partial charge in [0.25, 0.3) is 0 Å². The summed E-state index contributed by atoms with van der Waals surface area (Å²) in [5.74, 6) is -1.50. The normalized spacial score (nSPS) is 11.2. The van der Waals surface area contributed by atoms with Crippen LogP contribution in [0.1, 0.15) is 0 Å². The number of nitrogens with zero attached hydrogens (tertiary/aromatic N) is 1. The van der Waals surface area contributed by atoms with Crippen molar-refractivity contribution >= 4 is 50.8 Å². The molecule has 20 heavy (non-hydrogen) atoms. The van der Waals surface area contributed by atoms with Crippen LogP contribution in [0.15, 0.2) is 34.8 Å². The standard InChI is InChI=1S/C13H6BrClF2N2S/c14-6-1-2-11-10(3-6)18-13(20)19(11)12-8(15)4-7(16)5-9(12)17/h1-5H,(H,18,20). The lowest BCUT2D eigenvalue weighted by molar-refractivity contribution is 0.578. The zero-order valence-electron chi connectivity index (χ0n) is 9.75. The molecule has 0 bridgehead atoms. The van der Waals surface area contributed by atoms with E-state index in [9.17, 15) is 8.78 Å². The first-order chi connectivity index (χ1) is 9.47. The first-order valence-corrected chi connectivity index (χ1v) is 7.10. The van der Waals surface area contributed by atoms with E-state index in [1.807, 2.05) is 6.07 Å². The molecule has 0 aliphatic carbocycles. The van der Waals surface area contributed by atoms with Gasteiger partial charge in [-0.1, -0.05) is 27.5 Å². The van der Waals surface area contributed by atoms with Gasteiger partial charge >= 0.3 is 0 Å². The van der Waals surface area contributed by atoms with E-state index in [0.29, 0.717) is 5.52 Å². The molecular formula is C13H6BrClF2N2S. The summed E-state index contributed by atoms with van der Waals surface area (Å²) in [6.07, 6.45) is 0. The molecule has 7 heteroatoms. The monoisotopic (exact) mass is 374 g/mol. The molecule has 0 spiro atoms. The fourth-order valence-electron chi connectivity index (χ4n) is 2.05. The number of hydrogen-bond donors (Lipinski definition) is 1. The number of rotatable bonds is 1. The third kappa shape index (κ3) is 2.17. The number of halogens is 4. The molecule has 1 N–H and O–H groups in total. The van der Waals surface area contributed by atoms with Crippen LogP contribution in [0.2, 0.25) is 5.02 Å². The molecule has 2 aromatic carbocycles. The minimum absolute atomic E-state index is 0.0339. The van der Waals surface area contributed by atoms with E-state index in [1.165, 1.54) is 4.57 Å². The number of H-pyrrole nitrogens is 1. The van der Waals surface area contributed by atoms with Crippen LogP contribution in [0, 0.1) is 16.4 Å². The average Bonchev–Trinajstić information content (AvgIpc) is 2.64. The molecule has 0 amide bonds. The maximum Gasteiger partial charge on any atom is 0.182 e. The molecule has 2 nitrogen and oxygen atoms in total. The highest BCUT2D eigenvalue weighted by Gasteiger charge is 2.16. The summed E-state index contributed by atoms with van der Waals surface area (Å²) in [5, 5.41) is -0.0394. The number of aromatic amines is 1. The summed E-state index contributed by atoms with van der Waals surface area (Å²) in [6, 6.07) is 7.22. The number of aromatic nitrogens is 2. The topological polar surface area (TPSA) is 20.7 Å². The summed E-state index contributed by atoms with van der Waals surface area (Å²) in [7, 11) is 0. The van der Waals surface area contributed by atoms with Crippen LogP contribution >= 0.6 is 39.7 Å². The van der Waals surface area contributed by atoms with E-state index >= 15 is 0 Å². The molecular weight excluding hydrogens is 370 g/mol. The van der Waals surface area contributed by atoms with Crippen molar-refractivity contribution in [1.29, 1.82) is 0 Å². The van der Waals surface area contributed by atoms with Crippen molar-refractivity contribution < 1.29 is 8.78 Å². The Morgan fingerprint density at radius 3 is 2.65 bits per heavy atom. The average molecular weight is 376 g/mol. The molecule has 102 valence electrons. The van der Waals surface area contributed by atoms with Gasteiger partial charge < -0.3 is 4.98 Å². The van der Waals surface area contributed by atoms with Gasteiger partial charge in [-0.05, 0) is 36.5 Å². The summed E-state index contributed by atoms with van der Waals surface area (Å²) >= 11 is 14.5. The van der Waals surface area contributed by atoms with Crippen molar-refractivity contribution in [2.75, 3.05) is 0 Å². The molecule has 0 saturated carbocycles. The maximum absolute atomic E-state index is 14.0. The highest BCUT2D eigenvalue weighted by atomic mass is 79.9. The molecule has 0 fully saturated rings. The van der Waals surface area contributed by atoms with E-state index in [-0.39, 0.29) is 15.5 Å². The Labute approximate surface area is 131 Å². The molecule has 1 aromatic heterocycles. The van der Waals surface area contributed by atoms with Crippen LogP contribution < -0.4 is 0 Å². The van der Waals surface area contributed by atoms with Crippen LogP contribution in [0.4, 0.5) is 8.78 Å². The maximum atomic E-state index is 14.0. The summed E-state index contributed by atoms with van der Waals surface area (Å²) < 4.78 is 29.8. The predicted octanol–water partition coefficient (Wildman–Crippen LogP) is 5.38. The Balaban J connectivity index is 2.41. The number of benzene rings is 2. The first kappa shape index (κ1) is 13.7. The summed E-state index contributed by atoms with van der Waals surface area (Å²) in [4.78, 5) is 2.96. The molecule has 3 rings (SSSR count). The lowest BCUT2D eigenvalue weighted by atomic mass is 10.2. The minimum Gasteiger partial charge on any atom is -0.330 e. The Kier molecular flexibility index (Phi) is 3.40. The van der Waals surface area contributed by atoms with Crippen molar-refractivity contribution in [3.05, 3.63) is 56.2 Å². The Hall–Kier alpha value is -1.24. The second kappa shape index (κ2) is 4.95. The number of fused-ring (bicyclic) bond motifs is 1. The Morgan fingerprint density at radius 1 is 1.20 bits per heavy atom. The Morgan fingerprint density at radius 2 is 1.95 bits per heavy atom. The van der Waals surface area contributed by atoms with Crippen molar-refractivity contribution in [3.8, 4) is 5.69 Å². The van der Waals surface area contributed by atoms with E-state index in [2.05, 4.69) is 20.9 Å². The Bertz CT molecular complexity index is 865. The third-order valence-corrected chi connectivity index (χ3v) is 3.92. The van der Waals surface area contributed by atoms with Gasteiger partial charge in [0, 0.05) is 10.5 Å². The van der Waals surface area contributed by atoms with Crippen molar-refractivity contribution in [3.63, 3.8) is 0 Å². The zero-order chi connectivity index (χ0) is 14.4. The van der Waals surface area contributed by atoms with Crippen molar-refractivity contribution in [1.82, 2.24) is 9.55 Å². The second-order valence-electron chi connectivity index (χ2n) is 4.15. The van der Waals surface area contributed by atoms with Crippen LogP contribution in [-0.2, 0) is 0 Å². The molecule has 0 radical (unpaired) electrons. The van der Waals surface area contributed by atoms with Gasteiger partial charge in [0.2, 0.25) is 0 Å². The highest BCUT2D eigenvalue weighted by molar-refractivity contribution is 9.10. The van der Waals surface area contributed by atoms with Gasteiger partial charge in [0.05, 0.1) is 16.1 Å². The van der Waals surface area contributed by atoms with Gasteiger partial charge in [-0.15, -0.1) is 0 Å². The second-order valence-corrected chi connectivity index (χ2v) is 5.85. The quantitative estimate of drug-likeness (QED) is 0.566. The van der Waals surface area contributed by atoms with Gasteiger partial charge in [0.15, 0.2) is 10.6 Å². The SMILES string of the molecule is Fc1cc(F)c(-n2c(=S)[nH]c3cc(Br)ccc32)c(Cl)c1. The van der Waals surface area contributed by atoms with Gasteiger partial charge in [-0.25, -0.2) is 8.78 Å². The summed E-state index contributed by atoms with van der Waals surface area (Å²) in [5.41, 5.74) is 1.42. The molecule has 0 aliphatic heterocycles. The van der Waals surface area contributed by atoms with Crippen LogP contribution in [0.3, 0.4) is 0 Å². The number of imidazole rings is 1. The summed E-state index contributed by atoms with van der Waals surface area (Å²) in [6.45, 7) is 0. The van der Waals surface area contributed by atoms with E-state index in [0.717, 1.165) is 22.1 Å². The largest absolute Gasteiger partial charge is 0.330 e. The van der Waals surface area contributed by atoms with E-state index in [4.69, 9.17) is 23.8 Å². The smallest absolute Gasteiger partial charge is 0.182 e. The van der Waals surface area contributed by atoms with Gasteiger partial charge in [0.1, 0.15) is 11.5 Å². The molecule has 0 aliphatic rings. The predicted molar refractivity (Wildman–Crippen MR) is 81.1 cm³/mol. The lowest BCUT2D eigenvalue weighted by Gasteiger charge is -2.08. The van der Waals surface area contributed by atoms with Crippen LogP contribution in [0.5, 0.6) is 0 Å². The van der Waals surface area contributed by atoms with E-state index in [1.54, 1.807) is 12.1 Å². The zero-order valence-corrected chi connectivity index (χ0v) is 12.9. The molecule has 0 unspecified atom stereocenters. The molecule has 1 heterocycles. The third-order valence-electron chi connectivity index (χ3n) is 2.85. The first-order valence-electron chi connectivity index (χ1n) is 5.52. The molecule has 3 aromatic rings. The highest BCUT2D eigenvalue weighted by Crippen LogP contribution is 2.29. The number of nitrogens with one attached hydrogen (secondary N) is 1. The molecule has 0 saturated heterocycles. The van der Waals surface area contributed by atoms with Gasteiger partial charge in [-0.2, -0.15) is 0 Å². The van der Waals surface area contributed by atoms with Crippen LogP contribution in [0.25, 0.3) is 16.7 Å².